The van der Waals surface area contributed by atoms with E-state index in [4.69, 9.17) is 0 Å². The molecule has 0 aromatic heterocycles. The zero-order chi connectivity index (χ0) is 16.2. The van der Waals surface area contributed by atoms with Crippen molar-refractivity contribution in [2.24, 2.45) is 0 Å². The van der Waals surface area contributed by atoms with Crippen molar-refractivity contribution in [3.05, 3.63) is 95.8 Å². The third-order valence-corrected chi connectivity index (χ3v) is 3.71. The number of benzene rings is 3. The van der Waals surface area contributed by atoms with Crippen molar-refractivity contribution in [1.29, 1.82) is 0 Å². The highest BCUT2D eigenvalue weighted by atomic mass is 19.1. The predicted molar refractivity (Wildman–Crippen MR) is 87.6 cm³/mol. The summed E-state index contributed by atoms with van der Waals surface area (Å²) in [4.78, 5) is 12.7. The second-order valence-electron chi connectivity index (χ2n) is 5.21. The molecule has 1 N–H and O–H groups in total. The van der Waals surface area contributed by atoms with Crippen molar-refractivity contribution in [1.82, 2.24) is 0 Å². The van der Waals surface area contributed by atoms with E-state index in [1.807, 2.05) is 6.07 Å². The number of aliphatic hydroxyl groups is 1. The number of aliphatic hydroxyl groups excluding tert-OH is 1. The lowest BCUT2D eigenvalue weighted by Crippen LogP contribution is -2.14. The van der Waals surface area contributed by atoms with Crippen LogP contribution >= 0.6 is 0 Å². The van der Waals surface area contributed by atoms with Gasteiger partial charge in [-0.3, -0.25) is 4.79 Å². The van der Waals surface area contributed by atoms with Gasteiger partial charge in [-0.25, -0.2) is 4.39 Å². The molecule has 0 saturated heterocycles. The van der Waals surface area contributed by atoms with Gasteiger partial charge in [-0.2, -0.15) is 0 Å². The molecule has 0 aliphatic heterocycles. The number of carbonyl (C=O) groups excluding carboxylic acids is 1. The minimum absolute atomic E-state index is 0.174. The van der Waals surface area contributed by atoms with Gasteiger partial charge in [-0.1, -0.05) is 72.8 Å². The summed E-state index contributed by atoms with van der Waals surface area (Å²) >= 11 is 0. The Morgan fingerprint density at radius 2 is 1.43 bits per heavy atom. The Bertz CT molecular complexity index is 814. The second kappa shape index (κ2) is 6.55. The summed E-state index contributed by atoms with van der Waals surface area (Å²) in [5, 5.41) is 10.3. The van der Waals surface area contributed by atoms with E-state index in [0.29, 0.717) is 11.1 Å². The average molecular weight is 306 g/mol. The molecule has 2 nitrogen and oxygen atoms in total. The van der Waals surface area contributed by atoms with Crippen LogP contribution in [0.4, 0.5) is 4.39 Å². The van der Waals surface area contributed by atoms with E-state index in [1.54, 1.807) is 60.7 Å². The molecule has 0 amide bonds. The largest absolute Gasteiger partial charge is 0.380 e. The highest BCUT2D eigenvalue weighted by molar-refractivity contribution is 6.05. The molecule has 0 fully saturated rings. The maximum absolute atomic E-state index is 14.3. The van der Waals surface area contributed by atoms with Crippen LogP contribution in [0.25, 0.3) is 11.1 Å². The molecule has 3 heteroatoms. The first-order valence-electron chi connectivity index (χ1n) is 7.29. The lowest BCUT2D eigenvalue weighted by atomic mass is 9.92. The van der Waals surface area contributed by atoms with E-state index >= 15 is 0 Å². The molecule has 3 aromatic rings. The fraction of sp³-hybridized carbons (Fsp3) is 0.0500. The van der Waals surface area contributed by atoms with Crippen LogP contribution in [-0.2, 0) is 0 Å². The molecule has 0 bridgehead atoms. The Kier molecular flexibility index (Phi) is 4.31. The van der Waals surface area contributed by atoms with Crippen LogP contribution in [0.15, 0.2) is 78.9 Å². The number of carbonyl (C=O) groups is 1. The number of rotatable bonds is 4. The third-order valence-electron chi connectivity index (χ3n) is 3.71. The summed E-state index contributed by atoms with van der Waals surface area (Å²) in [7, 11) is 0. The Balaban J connectivity index is 2.07. The maximum atomic E-state index is 14.3. The van der Waals surface area contributed by atoms with Gasteiger partial charge in [0.25, 0.3) is 0 Å². The van der Waals surface area contributed by atoms with Crippen LogP contribution in [-0.4, -0.2) is 10.9 Å². The highest BCUT2D eigenvalue weighted by Crippen LogP contribution is 2.30. The van der Waals surface area contributed by atoms with Crippen molar-refractivity contribution in [3.8, 4) is 11.1 Å². The van der Waals surface area contributed by atoms with E-state index < -0.39 is 17.7 Å². The molecular formula is C20H15FO2. The van der Waals surface area contributed by atoms with Gasteiger partial charge in [-0.05, 0) is 17.2 Å². The van der Waals surface area contributed by atoms with Crippen molar-refractivity contribution in [2.75, 3.05) is 0 Å². The van der Waals surface area contributed by atoms with E-state index in [-0.39, 0.29) is 11.1 Å². The number of hydrogen-bond acceptors (Lipinski definition) is 2. The van der Waals surface area contributed by atoms with Crippen LogP contribution in [0.1, 0.15) is 22.0 Å². The average Bonchev–Trinajstić information content (AvgIpc) is 2.61. The Morgan fingerprint density at radius 1 is 0.826 bits per heavy atom. The van der Waals surface area contributed by atoms with Crippen molar-refractivity contribution >= 4 is 5.78 Å². The highest BCUT2D eigenvalue weighted by Gasteiger charge is 2.23. The van der Waals surface area contributed by atoms with Gasteiger partial charge in [0.05, 0.1) is 0 Å². The second-order valence-corrected chi connectivity index (χ2v) is 5.21. The Hall–Kier alpha value is -2.78. The first kappa shape index (κ1) is 15.1. The first-order valence-corrected chi connectivity index (χ1v) is 7.29. The van der Waals surface area contributed by atoms with Crippen molar-refractivity contribution < 1.29 is 14.3 Å². The first-order chi connectivity index (χ1) is 11.2. The van der Waals surface area contributed by atoms with Crippen molar-refractivity contribution in [3.63, 3.8) is 0 Å². The monoisotopic (exact) mass is 306 g/mol. The SMILES string of the molecule is O=C(c1cccc(F)c1-c1ccccc1)C(O)c1ccccc1. The molecule has 23 heavy (non-hydrogen) atoms. The van der Waals surface area contributed by atoms with E-state index in [0.717, 1.165) is 0 Å². The molecule has 0 aliphatic rings. The molecule has 1 atom stereocenters. The fourth-order valence-corrected chi connectivity index (χ4v) is 2.56. The van der Waals surface area contributed by atoms with Crippen LogP contribution in [0.5, 0.6) is 0 Å². The zero-order valence-electron chi connectivity index (χ0n) is 12.3. The van der Waals surface area contributed by atoms with Crippen LogP contribution in [0.2, 0.25) is 0 Å². The molecule has 114 valence electrons. The quantitative estimate of drug-likeness (QED) is 0.725. The molecule has 1 unspecified atom stereocenters. The number of ketones is 1. The molecule has 0 saturated carbocycles. The van der Waals surface area contributed by atoms with Gasteiger partial charge in [-0.15, -0.1) is 0 Å². The van der Waals surface area contributed by atoms with Gasteiger partial charge in [0.2, 0.25) is 0 Å². The predicted octanol–water partition coefficient (Wildman–Crippen LogP) is 4.41. The van der Waals surface area contributed by atoms with Gasteiger partial charge in [0.1, 0.15) is 11.9 Å². The number of hydrogen-bond donors (Lipinski definition) is 1. The van der Waals surface area contributed by atoms with Crippen LogP contribution in [0.3, 0.4) is 0 Å². The zero-order valence-corrected chi connectivity index (χ0v) is 12.3. The minimum atomic E-state index is -1.32. The summed E-state index contributed by atoms with van der Waals surface area (Å²) in [5.41, 5.74) is 1.48. The van der Waals surface area contributed by atoms with Gasteiger partial charge in [0, 0.05) is 11.1 Å². The summed E-state index contributed by atoms with van der Waals surface area (Å²) in [5.74, 6) is -1.00. The molecule has 3 aromatic carbocycles. The summed E-state index contributed by atoms with van der Waals surface area (Å²) < 4.78 is 14.3. The van der Waals surface area contributed by atoms with E-state index in [2.05, 4.69) is 0 Å². The molecular weight excluding hydrogens is 291 g/mol. The lowest BCUT2D eigenvalue weighted by molar-refractivity contribution is 0.0748. The Morgan fingerprint density at radius 3 is 2.09 bits per heavy atom. The molecule has 0 radical (unpaired) electrons. The van der Waals surface area contributed by atoms with E-state index in [9.17, 15) is 14.3 Å². The fourth-order valence-electron chi connectivity index (χ4n) is 2.56. The summed E-state index contributed by atoms with van der Waals surface area (Å²) in [6, 6.07) is 21.8. The topological polar surface area (TPSA) is 37.3 Å². The van der Waals surface area contributed by atoms with Crippen molar-refractivity contribution in [2.45, 2.75) is 6.10 Å². The van der Waals surface area contributed by atoms with Gasteiger partial charge >= 0.3 is 0 Å². The third kappa shape index (κ3) is 3.05. The van der Waals surface area contributed by atoms with Gasteiger partial charge < -0.3 is 5.11 Å². The number of halogens is 1. The van der Waals surface area contributed by atoms with Crippen LogP contribution in [0, 0.1) is 5.82 Å². The summed E-state index contributed by atoms with van der Waals surface area (Å²) in [6.45, 7) is 0. The Labute approximate surface area is 133 Å². The minimum Gasteiger partial charge on any atom is -0.380 e. The molecule has 0 heterocycles. The molecule has 0 aliphatic carbocycles. The van der Waals surface area contributed by atoms with Crippen LogP contribution < -0.4 is 0 Å². The molecule has 0 spiro atoms. The smallest absolute Gasteiger partial charge is 0.196 e. The normalized spacial score (nSPS) is 11.9. The standard InChI is InChI=1S/C20H15FO2/c21-17-13-7-12-16(18(17)14-8-3-1-4-9-14)20(23)19(22)15-10-5-2-6-11-15/h1-13,19,22H. The lowest BCUT2D eigenvalue weighted by Gasteiger charge is -2.14. The molecule has 3 rings (SSSR count). The number of Topliss-reactive ketones (excluding diaryl/α,β-unsaturated/α-hetero) is 1. The summed E-state index contributed by atoms with van der Waals surface area (Å²) in [6.07, 6.45) is -1.32. The maximum Gasteiger partial charge on any atom is 0.196 e. The van der Waals surface area contributed by atoms with E-state index in [1.165, 1.54) is 12.1 Å². The van der Waals surface area contributed by atoms with Gasteiger partial charge in [0.15, 0.2) is 5.78 Å².